The first-order valence-electron chi connectivity index (χ1n) is 12.3. The summed E-state index contributed by atoms with van der Waals surface area (Å²) >= 11 is 0. The molecular formula is C33H21N3. The van der Waals surface area contributed by atoms with Crippen molar-refractivity contribution in [2.45, 2.75) is 0 Å². The molecule has 3 aromatic heterocycles. The number of hydrogen-bond donors (Lipinski definition) is 0. The average molecular weight is 460 g/mol. The summed E-state index contributed by atoms with van der Waals surface area (Å²) in [5.41, 5.74) is 6.89. The number of pyridine rings is 1. The Hall–Kier alpha value is -4.89. The maximum atomic E-state index is 5.13. The second kappa shape index (κ2) is 7.30. The van der Waals surface area contributed by atoms with Crippen LogP contribution >= 0.6 is 0 Å². The van der Waals surface area contributed by atoms with E-state index in [1.54, 1.807) is 0 Å². The third-order valence-electron chi connectivity index (χ3n) is 7.30. The van der Waals surface area contributed by atoms with E-state index in [-0.39, 0.29) is 0 Å². The molecule has 168 valence electrons. The fourth-order valence-electron chi connectivity index (χ4n) is 5.76. The molecule has 0 unspecified atom stereocenters. The van der Waals surface area contributed by atoms with Crippen molar-refractivity contribution in [3.8, 4) is 11.5 Å². The fraction of sp³-hybridized carbons (Fsp3) is 0. The predicted molar refractivity (Wildman–Crippen MR) is 150 cm³/mol. The van der Waals surface area contributed by atoms with Gasteiger partial charge >= 0.3 is 0 Å². The van der Waals surface area contributed by atoms with Crippen LogP contribution in [-0.2, 0) is 0 Å². The zero-order chi connectivity index (χ0) is 23.6. The van der Waals surface area contributed by atoms with Crippen LogP contribution < -0.4 is 0 Å². The maximum Gasteiger partial charge on any atom is 0.138 e. The Morgan fingerprint density at radius 3 is 1.75 bits per heavy atom. The van der Waals surface area contributed by atoms with Gasteiger partial charge in [0.2, 0.25) is 0 Å². The zero-order valence-electron chi connectivity index (χ0n) is 19.5. The molecule has 0 atom stereocenters. The summed E-state index contributed by atoms with van der Waals surface area (Å²) in [4.78, 5) is 5.13. The van der Waals surface area contributed by atoms with Gasteiger partial charge in [-0.3, -0.25) is 4.57 Å². The Morgan fingerprint density at radius 2 is 1.00 bits per heavy atom. The molecule has 0 saturated carbocycles. The molecule has 0 radical (unpaired) electrons. The SMILES string of the molecule is c1ccc(-n2c3ccccc3c3ccc4c5ccccc5n(-c5ccc6ccccc6n5)c4c32)cc1. The molecule has 3 heterocycles. The lowest BCUT2D eigenvalue weighted by Crippen LogP contribution is -2.00. The number of fused-ring (bicyclic) bond motifs is 8. The Bertz CT molecular complexity index is 2100. The zero-order valence-corrected chi connectivity index (χ0v) is 19.5. The molecule has 3 nitrogen and oxygen atoms in total. The molecule has 8 rings (SSSR count). The highest BCUT2D eigenvalue weighted by Gasteiger charge is 2.21. The van der Waals surface area contributed by atoms with Crippen molar-refractivity contribution in [2.24, 2.45) is 0 Å². The van der Waals surface area contributed by atoms with Gasteiger partial charge < -0.3 is 4.57 Å². The van der Waals surface area contributed by atoms with Gasteiger partial charge in [-0.2, -0.15) is 0 Å². The molecule has 0 bridgehead atoms. The maximum absolute atomic E-state index is 5.13. The van der Waals surface area contributed by atoms with Gasteiger partial charge in [0, 0.05) is 32.6 Å². The minimum atomic E-state index is 0.928. The molecular weight excluding hydrogens is 438 g/mol. The quantitative estimate of drug-likeness (QED) is 0.254. The number of nitrogens with zero attached hydrogens (tertiary/aromatic N) is 3. The minimum Gasteiger partial charge on any atom is -0.307 e. The summed E-state index contributed by atoms with van der Waals surface area (Å²) in [6.07, 6.45) is 0. The van der Waals surface area contributed by atoms with Gasteiger partial charge in [-0.25, -0.2) is 4.98 Å². The average Bonchev–Trinajstić information content (AvgIpc) is 3.46. The lowest BCUT2D eigenvalue weighted by molar-refractivity contribution is 1.09. The van der Waals surface area contributed by atoms with Crippen LogP contribution in [0.4, 0.5) is 0 Å². The first-order valence-corrected chi connectivity index (χ1v) is 12.3. The molecule has 0 spiro atoms. The van der Waals surface area contributed by atoms with Crippen molar-refractivity contribution < 1.29 is 0 Å². The van der Waals surface area contributed by atoms with E-state index < -0.39 is 0 Å². The van der Waals surface area contributed by atoms with E-state index in [0.717, 1.165) is 27.9 Å². The van der Waals surface area contributed by atoms with E-state index >= 15 is 0 Å². The topological polar surface area (TPSA) is 22.8 Å². The third-order valence-corrected chi connectivity index (χ3v) is 7.30. The summed E-state index contributed by atoms with van der Waals surface area (Å²) in [6, 6.07) is 45.2. The number of hydrogen-bond acceptors (Lipinski definition) is 1. The Kier molecular flexibility index (Phi) is 3.94. The van der Waals surface area contributed by atoms with Crippen LogP contribution in [0, 0.1) is 0 Å². The van der Waals surface area contributed by atoms with Crippen molar-refractivity contribution in [1.82, 2.24) is 14.1 Å². The Balaban J connectivity index is 1.64. The normalized spacial score (nSPS) is 11.9. The van der Waals surface area contributed by atoms with Gasteiger partial charge in [0.1, 0.15) is 5.82 Å². The standard InChI is InChI=1S/C33H21N3/c1-2-11-23(12-3-1)35-29-16-8-5-13-24(29)26-19-20-27-25-14-6-9-17-30(25)36(33(27)32(26)35)31-21-18-22-10-4-7-15-28(22)34-31/h1-21H. The van der Waals surface area contributed by atoms with Crippen LogP contribution in [-0.4, -0.2) is 14.1 Å². The van der Waals surface area contributed by atoms with Crippen LogP contribution in [0.25, 0.3) is 66.0 Å². The van der Waals surface area contributed by atoms with E-state index in [2.05, 4.69) is 137 Å². The molecule has 5 aromatic carbocycles. The highest BCUT2D eigenvalue weighted by molar-refractivity contribution is 6.23. The van der Waals surface area contributed by atoms with Gasteiger partial charge in [-0.15, -0.1) is 0 Å². The number of benzene rings is 5. The monoisotopic (exact) mass is 459 g/mol. The van der Waals surface area contributed by atoms with E-state index in [0.29, 0.717) is 0 Å². The highest BCUT2D eigenvalue weighted by Crippen LogP contribution is 2.41. The second-order valence-corrected chi connectivity index (χ2v) is 9.26. The molecule has 36 heavy (non-hydrogen) atoms. The minimum absolute atomic E-state index is 0.928. The first-order chi connectivity index (χ1) is 17.9. The molecule has 3 heteroatoms. The van der Waals surface area contributed by atoms with E-state index in [9.17, 15) is 0 Å². The van der Waals surface area contributed by atoms with Crippen molar-refractivity contribution in [3.05, 3.63) is 127 Å². The lowest BCUT2D eigenvalue weighted by Gasteiger charge is -2.12. The Labute approximate surface area is 207 Å². The largest absolute Gasteiger partial charge is 0.307 e. The van der Waals surface area contributed by atoms with Crippen molar-refractivity contribution in [3.63, 3.8) is 0 Å². The van der Waals surface area contributed by atoms with Gasteiger partial charge in [0.15, 0.2) is 0 Å². The predicted octanol–water partition coefficient (Wildman–Crippen LogP) is 8.43. The fourth-order valence-corrected chi connectivity index (χ4v) is 5.76. The lowest BCUT2D eigenvalue weighted by atomic mass is 10.1. The number of aromatic nitrogens is 3. The van der Waals surface area contributed by atoms with Crippen molar-refractivity contribution >= 4 is 54.5 Å². The molecule has 0 aliphatic carbocycles. The summed E-state index contributed by atoms with van der Waals surface area (Å²) < 4.78 is 4.75. The van der Waals surface area contributed by atoms with E-state index in [4.69, 9.17) is 4.98 Å². The summed E-state index contributed by atoms with van der Waals surface area (Å²) in [5.74, 6) is 0.928. The van der Waals surface area contributed by atoms with E-state index in [1.165, 1.54) is 38.1 Å². The molecule has 0 amide bonds. The summed E-state index contributed by atoms with van der Waals surface area (Å²) in [7, 11) is 0. The van der Waals surface area contributed by atoms with Gasteiger partial charge in [-0.1, -0.05) is 84.9 Å². The van der Waals surface area contributed by atoms with Gasteiger partial charge in [0.05, 0.1) is 27.6 Å². The third kappa shape index (κ3) is 2.60. The molecule has 0 fully saturated rings. The molecule has 0 saturated heterocycles. The smallest absolute Gasteiger partial charge is 0.138 e. The molecule has 0 aliphatic rings. The Morgan fingerprint density at radius 1 is 0.417 bits per heavy atom. The van der Waals surface area contributed by atoms with Crippen molar-refractivity contribution in [2.75, 3.05) is 0 Å². The molecule has 0 aliphatic heterocycles. The molecule has 0 N–H and O–H groups in total. The molecule has 8 aromatic rings. The first kappa shape index (κ1) is 19.4. The second-order valence-electron chi connectivity index (χ2n) is 9.26. The van der Waals surface area contributed by atoms with Crippen LogP contribution in [0.3, 0.4) is 0 Å². The van der Waals surface area contributed by atoms with Gasteiger partial charge in [-0.05, 0) is 42.5 Å². The van der Waals surface area contributed by atoms with Crippen LogP contribution in [0.15, 0.2) is 127 Å². The number of rotatable bonds is 2. The summed E-state index contributed by atoms with van der Waals surface area (Å²) in [5, 5.41) is 6.10. The van der Waals surface area contributed by atoms with Crippen LogP contribution in [0.2, 0.25) is 0 Å². The van der Waals surface area contributed by atoms with E-state index in [1.807, 2.05) is 0 Å². The summed E-state index contributed by atoms with van der Waals surface area (Å²) in [6.45, 7) is 0. The van der Waals surface area contributed by atoms with Crippen LogP contribution in [0.5, 0.6) is 0 Å². The van der Waals surface area contributed by atoms with Crippen molar-refractivity contribution in [1.29, 1.82) is 0 Å². The number of para-hydroxylation sites is 4. The highest BCUT2D eigenvalue weighted by atomic mass is 15.1. The van der Waals surface area contributed by atoms with Crippen LogP contribution in [0.1, 0.15) is 0 Å². The van der Waals surface area contributed by atoms with Gasteiger partial charge in [0.25, 0.3) is 0 Å².